The highest BCUT2D eigenvalue weighted by Crippen LogP contribution is 2.11. The average Bonchev–Trinajstić information content (AvgIpc) is 2.17. The summed E-state index contributed by atoms with van der Waals surface area (Å²) in [7, 11) is 4.20. The lowest BCUT2D eigenvalue weighted by molar-refractivity contribution is -0.00582. The molecule has 1 N–H and O–H groups in total. The molecule has 1 saturated heterocycles. The van der Waals surface area contributed by atoms with E-state index in [0.717, 1.165) is 26.3 Å². The lowest BCUT2D eigenvalue weighted by Crippen LogP contribution is -2.45. The summed E-state index contributed by atoms with van der Waals surface area (Å²) in [6, 6.07) is 9.16. The van der Waals surface area contributed by atoms with E-state index in [1.165, 1.54) is 11.1 Å². The SMILES string of the molecule is CN(C)Cc1ccccc1CNC1COC1. The van der Waals surface area contributed by atoms with Gasteiger partial charge in [-0.15, -0.1) is 0 Å². The van der Waals surface area contributed by atoms with Gasteiger partial charge in [-0.05, 0) is 25.2 Å². The van der Waals surface area contributed by atoms with Crippen LogP contribution in [0.3, 0.4) is 0 Å². The highest BCUT2D eigenvalue weighted by Gasteiger charge is 2.17. The first kappa shape index (κ1) is 11.6. The van der Waals surface area contributed by atoms with Crippen LogP contribution in [0, 0.1) is 0 Å². The second-order valence-corrected chi connectivity index (χ2v) is 4.62. The van der Waals surface area contributed by atoms with Gasteiger partial charge in [-0.25, -0.2) is 0 Å². The van der Waals surface area contributed by atoms with E-state index < -0.39 is 0 Å². The number of nitrogens with one attached hydrogen (secondary N) is 1. The molecule has 0 aromatic heterocycles. The minimum absolute atomic E-state index is 0.549. The van der Waals surface area contributed by atoms with E-state index in [0.29, 0.717) is 6.04 Å². The van der Waals surface area contributed by atoms with Crippen LogP contribution < -0.4 is 5.32 Å². The van der Waals surface area contributed by atoms with E-state index >= 15 is 0 Å². The van der Waals surface area contributed by atoms with E-state index in [-0.39, 0.29) is 0 Å². The maximum Gasteiger partial charge on any atom is 0.0643 e. The van der Waals surface area contributed by atoms with Crippen LogP contribution in [-0.2, 0) is 17.8 Å². The van der Waals surface area contributed by atoms with Gasteiger partial charge in [-0.1, -0.05) is 24.3 Å². The van der Waals surface area contributed by atoms with Crippen molar-refractivity contribution in [2.24, 2.45) is 0 Å². The van der Waals surface area contributed by atoms with Gasteiger partial charge in [0.2, 0.25) is 0 Å². The molecule has 0 radical (unpaired) electrons. The van der Waals surface area contributed by atoms with Gasteiger partial charge in [0, 0.05) is 13.1 Å². The predicted molar refractivity (Wildman–Crippen MR) is 65.3 cm³/mol. The van der Waals surface area contributed by atoms with Crippen molar-refractivity contribution in [3.63, 3.8) is 0 Å². The Morgan fingerprint density at radius 3 is 2.50 bits per heavy atom. The van der Waals surface area contributed by atoms with E-state index in [1.54, 1.807) is 0 Å². The number of benzene rings is 1. The van der Waals surface area contributed by atoms with Crippen LogP contribution in [0.5, 0.6) is 0 Å². The minimum atomic E-state index is 0.549. The molecular weight excluding hydrogens is 200 g/mol. The zero-order valence-corrected chi connectivity index (χ0v) is 10.1. The molecule has 3 heteroatoms. The van der Waals surface area contributed by atoms with Crippen molar-refractivity contribution in [2.75, 3.05) is 27.3 Å². The van der Waals surface area contributed by atoms with E-state index in [2.05, 4.69) is 48.6 Å². The number of ether oxygens (including phenoxy) is 1. The highest BCUT2D eigenvalue weighted by atomic mass is 16.5. The summed E-state index contributed by atoms with van der Waals surface area (Å²) in [6.45, 7) is 3.66. The zero-order chi connectivity index (χ0) is 11.4. The molecule has 1 heterocycles. The monoisotopic (exact) mass is 220 g/mol. The number of rotatable bonds is 5. The molecule has 0 spiro atoms. The van der Waals surface area contributed by atoms with Crippen molar-refractivity contribution in [2.45, 2.75) is 19.1 Å². The Bertz CT molecular complexity index is 334. The summed E-state index contributed by atoms with van der Waals surface area (Å²) in [5.74, 6) is 0. The summed E-state index contributed by atoms with van der Waals surface area (Å²) < 4.78 is 5.15. The Kier molecular flexibility index (Phi) is 3.93. The second-order valence-electron chi connectivity index (χ2n) is 4.62. The molecule has 0 saturated carbocycles. The van der Waals surface area contributed by atoms with E-state index in [1.807, 2.05) is 0 Å². The lowest BCUT2D eigenvalue weighted by Gasteiger charge is -2.27. The van der Waals surface area contributed by atoms with Gasteiger partial charge in [0.25, 0.3) is 0 Å². The Hall–Kier alpha value is -0.900. The average molecular weight is 220 g/mol. The van der Waals surface area contributed by atoms with Gasteiger partial charge in [-0.2, -0.15) is 0 Å². The topological polar surface area (TPSA) is 24.5 Å². The summed E-state index contributed by atoms with van der Waals surface area (Å²) in [5.41, 5.74) is 2.79. The Balaban J connectivity index is 1.94. The molecule has 0 bridgehead atoms. The van der Waals surface area contributed by atoms with Crippen LogP contribution in [0.1, 0.15) is 11.1 Å². The highest BCUT2D eigenvalue weighted by molar-refractivity contribution is 5.27. The summed E-state index contributed by atoms with van der Waals surface area (Å²) in [6.07, 6.45) is 0. The molecule has 3 nitrogen and oxygen atoms in total. The smallest absolute Gasteiger partial charge is 0.0643 e. The third kappa shape index (κ3) is 3.04. The van der Waals surface area contributed by atoms with Crippen LogP contribution in [0.15, 0.2) is 24.3 Å². The minimum Gasteiger partial charge on any atom is -0.378 e. The molecule has 1 aliphatic rings. The fourth-order valence-electron chi connectivity index (χ4n) is 1.83. The zero-order valence-electron chi connectivity index (χ0n) is 10.1. The Labute approximate surface area is 97.4 Å². The second kappa shape index (κ2) is 5.43. The van der Waals surface area contributed by atoms with Gasteiger partial charge in [0.05, 0.1) is 19.3 Å². The van der Waals surface area contributed by atoms with E-state index in [9.17, 15) is 0 Å². The molecule has 88 valence electrons. The van der Waals surface area contributed by atoms with Crippen LogP contribution >= 0.6 is 0 Å². The Morgan fingerprint density at radius 2 is 1.94 bits per heavy atom. The largest absolute Gasteiger partial charge is 0.378 e. The normalized spacial score (nSPS) is 16.4. The summed E-state index contributed by atoms with van der Waals surface area (Å²) in [4.78, 5) is 2.20. The molecule has 1 aliphatic heterocycles. The van der Waals surface area contributed by atoms with Crippen molar-refractivity contribution in [1.82, 2.24) is 10.2 Å². The van der Waals surface area contributed by atoms with Gasteiger partial charge < -0.3 is 15.0 Å². The summed E-state index contributed by atoms with van der Waals surface area (Å²) >= 11 is 0. The Morgan fingerprint density at radius 1 is 1.25 bits per heavy atom. The molecule has 16 heavy (non-hydrogen) atoms. The van der Waals surface area contributed by atoms with E-state index in [4.69, 9.17) is 4.74 Å². The third-order valence-corrected chi connectivity index (χ3v) is 2.82. The first-order valence-corrected chi connectivity index (χ1v) is 5.78. The van der Waals surface area contributed by atoms with Gasteiger partial charge in [-0.3, -0.25) is 0 Å². The standard InChI is InChI=1S/C13H20N2O/c1-15(2)8-12-6-4-3-5-11(12)7-14-13-9-16-10-13/h3-6,13-14H,7-10H2,1-2H3. The van der Waals surface area contributed by atoms with Crippen molar-refractivity contribution in [1.29, 1.82) is 0 Å². The number of nitrogens with zero attached hydrogens (tertiary/aromatic N) is 1. The fourth-order valence-corrected chi connectivity index (χ4v) is 1.83. The van der Waals surface area contributed by atoms with Crippen molar-refractivity contribution in [3.05, 3.63) is 35.4 Å². The molecular formula is C13H20N2O. The quantitative estimate of drug-likeness (QED) is 0.808. The predicted octanol–water partition coefficient (Wildman–Crippen LogP) is 1.24. The van der Waals surface area contributed by atoms with Crippen molar-refractivity contribution >= 4 is 0 Å². The molecule has 0 amide bonds. The maximum absolute atomic E-state index is 5.15. The van der Waals surface area contributed by atoms with Crippen molar-refractivity contribution < 1.29 is 4.74 Å². The molecule has 1 fully saturated rings. The van der Waals surface area contributed by atoms with Crippen LogP contribution in [0.25, 0.3) is 0 Å². The molecule has 0 atom stereocenters. The summed E-state index contributed by atoms with van der Waals surface area (Å²) in [5, 5.41) is 3.51. The van der Waals surface area contributed by atoms with Crippen LogP contribution in [0.2, 0.25) is 0 Å². The first-order valence-electron chi connectivity index (χ1n) is 5.78. The fraction of sp³-hybridized carbons (Fsp3) is 0.538. The molecule has 0 unspecified atom stereocenters. The van der Waals surface area contributed by atoms with Crippen LogP contribution in [0.4, 0.5) is 0 Å². The first-order chi connectivity index (χ1) is 7.75. The van der Waals surface area contributed by atoms with Crippen LogP contribution in [-0.4, -0.2) is 38.3 Å². The van der Waals surface area contributed by atoms with Crippen molar-refractivity contribution in [3.8, 4) is 0 Å². The molecule has 2 rings (SSSR count). The third-order valence-electron chi connectivity index (χ3n) is 2.82. The number of hydrogen-bond acceptors (Lipinski definition) is 3. The van der Waals surface area contributed by atoms with Gasteiger partial charge in [0.1, 0.15) is 0 Å². The lowest BCUT2D eigenvalue weighted by atomic mass is 10.1. The van der Waals surface area contributed by atoms with Gasteiger partial charge in [0.15, 0.2) is 0 Å². The van der Waals surface area contributed by atoms with Gasteiger partial charge >= 0.3 is 0 Å². The molecule has 1 aromatic rings. The molecule has 0 aliphatic carbocycles. The molecule has 1 aromatic carbocycles. The number of hydrogen-bond donors (Lipinski definition) is 1. The maximum atomic E-state index is 5.15.